The Hall–Kier alpha value is -2.15. The zero-order valence-electron chi connectivity index (χ0n) is 14.6. The van der Waals surface area contributed by atoms with E-state index in [1.54, 1.807) is 6.07 Å². The Morgan fingerprint density at radius 1 is 1.22 bits per heavy atom. The first-order chi connectivity index (χ1) is 12.5. The average molecular weight is 410 g/mol. The summed E-state index contributed by atoms with van der Waals surface area (Å²) in [6.07, 6.45) is 0.121. The van der Waals surface area contributed by atoms with Crippen molar-refractivity contribution in [3.63, 3.8) is 0 Å². The molecule has 0 unspecified atom stereocenters. The van der Waals surface area contributed by atoms with Crippen LogP contribution in [0.2, 0.25) is 5.02 Å². The van der Waals surface area contributed by atoms with Crippen molar-refractivity contribution in [3.8, 4) is 0 Å². The molecule has 2 aromatic rings. The molecular formula is C19H21Cl2N3O3. The van der Waals surface area contributed by atoms with Crippen LogP contribution in [0.25, 0.3) is 0 Å². The van der Waals surface area contributed by atoms with Crippen molar-refractivity contribution in [3.05, 3.63) is 74.8 Å². The predicted octanol–water partition coefficient (Wildman–Crippen LogP) is 3.41. The van der Waals surface area contributed by atoms with Crippen LogP contribution in [0.4, 0.5) is 5.69 Å². The Bertz CT molecular complexity index is 817. The van der Waals surface area contributed by atoms with E-state index in [1.165, 1.54) is 17.7 Å². The first kappa shape index (κ1) is 21.2. The van der Waals surface area contributed by atoms with Gasteiger partial charge in [0.05, 0.1) is 16.4 Å². The number of amides is 1. The predicted molar refractivity (Wildman–Crippen MR) is 107 cm³/mol. The molecular weight excluding hydrogens is 389 g/mol. The number of hydrogen-bond donors (Lipinski definition) is 1. The number of halogens is 2. The Morgan fingerprint density at radius 3 is 2.52 bits per heavy atom. The molecule has 1 amide bonds. The molecule has 1 aliphatic rings. The van der Waals surface area contributed by atoms with Crippen LogP contribution in [-0.2, 0) is 11.2 Å². The zero-order valence-corrected chi connectivity index (χ0v) is 16.2. The van der Waals surface area contributed by atoms with Crippen LogP contribution < -0.4 is 5.73 Å². The second-order valence-electron chi connectivity index (χ2n) is 6.52. The van der Waals surface area contributed by atoms with Gasteiger partial charge >= 0.3 is 0 Å². The highest BCUT2D eigenvalue weighted by Crippen LogP contribution is 2.32. The third-order valence-electron chi connectivity index (χ3n) is 4.91. The van der Waals surface area contributed by atoms with E-state index in [0.29, 0.717) is 25.2 Å². The van der Waals surface area contributed by atoms with Gasteiger partial charge in [0.1, 0.15) is 0 Å². The van der Waals surface area contributed by atoms with E-state index in [9.17, 15) is 14.9 Å². The minimum atomic E-state index is -0.506. The summed E-state index contributed by atoms with van der Waals surface area (Å²) in [6, 6.07) is 14.3. The van der Waals surface area contributed by atoms with Gasteiger partial charge in [0.15, 0.2) is 0 Å². The van der Waals surface area contributed by atoms with Gasteiger partial charge in [0.2, 0.25) is 5.91 Å². The summed E-state index contributed by atoms with van der Waals surface area (Å²) in [7, 11) is 0. The fourth-order valence-electron chi connectivity index (χ4n) is 3.46. The van der Waals surface area contributed by atoms with Crippen LogP contribution >= 0.6 is 24.0 Å². The lowest BCUT2D eigenvalue weighted by molar-refractivity contribution is -0.384. The largest absolute Gasteiger partial charge is 0.341 e. The third-order valence-corrected chi connectivity index (χ3v) is 5.27. The molecule has 0 bridgehead atoms. The molecule has 0 radical (unpaired) electrons. The van der Waals surface area contributed by atoms with Gasteiger partial charge in [-0.25, -0.2) is 0 Å². The number of rotatable bonds is 5. The van der Waals surface area contributed by atoms with Gasteiger partial charge in [0.25, 0.3) is 5.69 Å². The van der Waals surface area contributed by atoms with E-state index < -0.39 is 4.92 Å². The molecule has 27 heavy (non-hydrogen) atoms. The summed E-state index contributed by atoms with van der Waals surface area (Å²) in [4.78, 5) is 24.8. The average Bonchev–Trinajstić information content (AvgIpc) is 3.08. The van der Waals surface area contributed by atoms with Gasteiger partial charge in [0, 0.05) is 31.1 Å². The van der Waals surface area contributed by atoms with E-state index in [-0.39, 0.29) is 47.3 Å². The number of non-ortho nitro benzene ring substituents is 1. The summed E-state index contributed by atoms with van der Waals surface area (Å²) in [5.41, 5.74) is 7.62. The SMILES string of the molecule is Cl.NC[C@@H]1CN(C(=O)Cc2ccc([N+](=O)[O-])cc2Cl)C[C@H]1c1ccccc1. The van der Waals surface area contributed by atoms with Crippen LogP contribution in [0.1, 0.15) is 17.0 Å². The number of nitro benzene ring substituents is 1. The lowest BCUT2D eigenvalue weighted by Crippen LogP contribution is -2.31. The van der Waals surface area contributed by atoms with Gasteiger partial charge in [-0.2, -0.15) is 0 Å². The van der Waals surface area contributed by atoms with E-state index in [0.717, 1.165) is 0 Å². The van der Waals surface area contributed by atoms with Crippen molar-refractivity contribution in [2.45, 2.75) is 12.3 Å². The van der Waals surface area contributed by atoms with Crippen LogP contribution in [-0.4, -0.2) is 35.4 Å². The minimum absolute atomic E-state index is 0. The number of nitro groups is 1. The highest BCUT2D eigenvalue weighted by atomic mass is 35.5. The first-order valence-electron chi connectivity index (χ1n) is 8.45. The van der Waals surface area contributed by atoms with E-state index in [2.05, 4.69) is 12.1 Å². The molecule has 0 aliphatic carbocycles. The molecule has 2 atom stereocenters. The summed E-state index contributed by atoms with van der Waals surface area (Å²) in [5, 5.41) is 11.0. The topological polar surface area (TPSA) is 89.5 Å². The van der Waals surface area contributed by atoms with Crippen LogP contribution in [0, 0.1) is 16.0 Å². The van der Waals surface area contributed by atoms with Gasteiger partial charge in [-0.3, -0.25) is 14.9 Å². The molecule has 2 aromatic carbocycles. The number of likely N-dealkylation sites (tertiary alicyclic amines) is 1. The van der Waals surface area contributed by atoms with Crippen molar-refractivity contribution in [1.29, 1.82) is 0 Å². The number of hydrogen-bond acceptors (Lipinski definition) is 4. The molecule has 1 saturated heterocycles. The maximum absolute atomic E-state index is 12.7. The van der Waals surface area contributed by atoms with Gasteiger partial charge < -0.3 is 10.6 Å². The molecule has 3 rings (SSSR count). The number of carbonyl (C=O) groups excluding carboxylic acids is 1. The molecule has 0 saturated carbocycles. The fourth-order valence-corrected chi connectivity index (χ4v) is 3.70. The second kappa shape index (κ2) is 9.17. The van der Waals surface area contributed by atoms with Gasteiger partial charge in [-0.1, -0.05) is 48.0 Å². The molecule has 0 spiro atoms. The summed E-state index contributed by atoms with van der Waals surface area (Å²) in [6.45, 7) is 1.75. The first-order valence-corrected chi connectivity index (χ1v) is 8.83. The molecule has 1 heterocycles. The summed E-state index contributed by atoms with van der Waals surface area (Å²) in [5.74, 6) is 0.392. The number of benzene rings is 2. The van der Waals surface area contributed by atoms with Crippen LogP contribution in [0.5, 0.6) is 0 Å². The Labute approximate surface area is 168 Å². The lowest BCUT2D eigenvalue weighted by Gasteiger charge is -2.17. The third kappa shape index (κ3) is 4.77. The number of nitrogens with zero attached hydrogens (tertiary/aromatic N) is 2. The Morgan fingerprint density at radius 2 is 1.93 bits per heavy atom. The number of carbonyl (C=O) groups is 1. The molecule has 1 aliphatic heterocycles. The standard InChI is InChI=1S/C19H20ClN3O3.ClH/c20-18-9-16(23(25)26)7-6-14(18)8-19(24)22-11-15(10-21)17(12-22)13-4-2-1-3-5-13;/h1-7,9,15,17H,8,10-12,21H2;1H/t15-,17+;/m1./s1. The lowest BCUT2D eigenvalue weighted by atomic mass is 9.89. The molecule has 0 aromatic heterocycles. The molecule has 8 heteroatoms. The zero-order chi connectivity index (χ0) is 18.7. The van der Waals surface area contributed by atoms with Crippen LogP contribution in [0.15, 0.2) is 48.5 Å². The minimum Gasteiger partial charge on any atom is -0.341 e. The maximum Gasteiger partial charge on any atom is 0.270 e. The molecule has 2 N–H and O–H groups in total. The van der Waals surface area contributed by atoms with Crippen molar-refractivity contribution in [2.75, 3.05) is 19.6 Å². The normalized spacial score (nSPS) is 18.8. The highest BCUT2D eigenvalue weighted by Gasteiger charge is 2.35. The molecule has 1 fully saturated rings. The van der Waals surface area contributed by atoms with Crippen molar-refractivity contribution in [2.24, 2.45) is 11.7 Å². The number of nitrogens with two attached hydrogens (primary N) is 1. The van der Waals surface area contributed by atoms with Crippen molar-refractivity contribution < 1.29 is 9.72 Å². The summed E-state index contributed by atoms with van der Waals surface area (Å²) >= 11 is 6.11. The second-order valence-corrected chi connectivity index (χ2v) is 6.93. The maximum atomic E-state index is 12.7. The van der Waals surface area contributed by atoms with Crippen molar-refractivity contribution >= 4 is 35.6 Å². The van der Waals surface area contributed by atoms with Crippen molar-refractivity contribution in [1.82, 2.24) is 4.90 Å². The quantitative estimate of drug-likeness (QED) is 0.604. The molecule has 144 valence electrons. The van der Waals surface area contributed by atoms with E-state index >= 15 is 0 Å². The summed E-state index contributed by atoms with van der Waals surface area (Å²) < 4.78 is 0. The Balaban J connectivity index is 0.00000261. The molecule has 6 nitrogen and oxygen atoms in total. The fraction of sp³-hybridized carbons (Fsp3) is 0.316. The van der Waals surface area contributed by atoms with Gasteiger partial charge in [-0.15, -0.1) is 12.4 Å². The monoisotopic (exact) mass is 409 g/mol. The van der Waals surface area contributed by atoms with Crippen LogP contribution in [0.3, 0.4) is 0 Å². The van der Waals surface area contributed by atoms with E-state index in [4.69, 9.17) is 17.3 Å². The highest BCUT2D eigenvalue weighted by molar-refractivity contribution is 6.31. The van der Waals surface area contributed by atoms with Gasteiger partial charge in [-0.05, 0) is 23.6 Å². The van der Waals surface area contributed by atoms with E-state index in [1.807, 2.05) is 23.1 Å². The smallest absolute Gasteiger partial charge is 0.270 e. The Kier molecular flexibility index (Phi) is 7.18.